The molecule has 112 valence electrons. The molecule has 2 heterocycles. The van der Waals surface area contributed by atoms with Crippen LogP contribution >= 0.6 is 11.6 Å². The first-order valence-electron chi connectivity index (χ1n) is 7.23. The van der Waals surface area contributed by atoms with E-state index in [2.05, 4.69) is 21.8 Å². The molecular weight excluding hydrogens is 278 g/mol. The number of aromatic nitrogens is 2. The highest BCUT2D eigenvalue weighted by molar-refractivity contribution is 6.29. The van der Waals surface area contributed by atoms with Gasteiger partial charge in [-0.3, -0.25) is 0 Å². The number of hydrogen-bond acceptors (Lipinski definition) is 5. The summed E-state index contributed by atoms with van der Waals surface area (Å²) in [6, 6.07) is 1.83. The predicted molar refractivity (Wildman–Crippen MR) is 79.3 cm³/mol. The summed E-state index contributed by atoms with van der Waals surface area (Å²) in [6.45, 7) is 4.41. The van der Waals surface area contributed by atoms with Crippen LogP contribution in [0.3, 0.4) is 0 Å². The molecule has 20 heavy (non-hydrogen) atoms. The van der Waals surface area contributed by atoms with E-state index in [-0.39, 0.29) is 12.7 Å². The van der Waals surface area contributed by atoms with Gasteiger partial charge >= 0.3 is 0 Å². The van der Waals surface area contributed by atoms with E-state index < -0.39 is 0 Å². The number of hydrogen-bond donors (Lipinski definition) is 1. The molecule has 5 nitrogen and oxygen atoms in total. The van der Waals surface area contributed by atoms with Gasteiger partial charge in [-0.1, -0.05) is 18.5 Å². The summed E-state index contributed by atoms with van der Waals surface area (Å²) in [5.41, 5.74) is 0. The second-order valence-corrected chi connectivity index (χ2v) is 5.38. The Balaban J connectivity index is 1.96. The number of rotatable bonds is 6. The van der Waals surface area contributed by atoms with E-state index in [1.165, 1.54) is 0 Å². The highest BCUT2D eigenvalue weighted by Gasteiger charge is 2.21. The highest BCUT2D eigenvalue weighted by Crippen LogP contribution is 2.22. The van der Waals surface area contributed by atoms with Crippen LogP contribution in [0.2, 0.25) is 5.15 Å². The fourth-order valence-electron chi connectivity index (χ4n) is 2.42. The number of ether oxygens (including phenoxy) is 1. The molecule has 1 aliphatic heterocycles. The smallest absolute Gasteiger partial charge is 0.134 e. The lowest BCUT2D eigenvalue weighted by atomic mass is 10.1. The quantitative estimate of drug-likeness (QED) is 0.815. The summed E-state index contributed by atoms with van der Waals surface area (Å²) in [7, 11) is 0. The molecule has 0 aromatic carbocycles. The van der Waals surface area contributed by atoms with Gasteiger partial charge in [0.05, 0.1) is 19.3 Å². The third-order valence-electron chi connectivity index (χ3n) is 3.41. The Labute approximate surface area is 124 Å². The Morgan fingerprint density at radius 3 is 2.80 bits per heavy atom. The molecule has 0 unspecified atom stereocenters. The molecule has 0 aliphatic carbocycles. The van der Waals surface area contributed by atoms with Crippen molar-refractivity contribution in [2.24, 2.45) is 0 Å². The molecule has 0 radical (unpaired) electrons. The Morgan fingerprint density at radius 2 is 2.15 bits per heavy atom. The molecule has 2 rings (SSSR count). The molecule has 1 fully saturated rings. The number of halogens is 1. The zero-order chi connectivity index (χ0) is 14.4. The maximum Gasteiger partial charge on any atom is 0.134 e. The summed E-state index contributed by atoms with van der Waals surface area (Å²) < 4.78 is 5.57. The monoisotopic (exact) mass is 299 g/mol. The maximum atomic E-state index is 8.77. The molecule has 0 bridgehead atoms. The molecule has 1 N–H and O–H groups in total. The van der Waals surface area contributed by atoms with Gasteiger partial charge in [0.15, 0.2) is 0 Å². The topological polar surface area (TPSA) is 58.5 Å². The van der Waals surface area contributed by atoms with Gasteiger partial charge in [-0.05, 0) is 19.3 Å². The van der Waals surface area contributed by atoms with Gasteiger partial charge in [-0.15, -0.1) is 0 Å². The van der Waals surface area contributed by atoms with E-state index in [1.807, 2.05) is 6.07 Å². The second-order valence-electron chi connectivity index (χ2n) is 5.00. The third-order valence-corrected chi connectivity index (χ3v) is 3.61. The van der Waals surface area contributed by atoms with Crippen LogP contribution in [0.5, 0.6) is 0 Å². The standard InChI is InChI=1S/C14H22ClN3O2/c1-2-3-13-16-12(15)10-14(17-13)18-6-4-11(5-7-18)20-9-8-19/h10-11,19H,2-9H2,1H3. The van der Waals surface area contributed by atoms with Crippen LogP contribution in [0.15, 0.2) is 6.07 Å². The number of aliphatic hydroxyl groups is 1. The van der Waals surface area contributed by atoms with E-state index in [0.29, 0.717) is 11.8 Å². The fraction of sp³-hybridized carbons (Fsp3) is 0.714. The van der Waals surface area contributed by atoms with E-state index in [4.69, 9.17) is 21.4 Å². The van der Waals surface area contributed by atoms with Crippen molar-refractivity contribution >= 4 is 17.4 Å². The minimum Gasteiger partial charge on any atom is -0.394 e. The lowest BCUT2D eigenvalue weighted by molar-refractivity contribution is 0.0158. The molecule has 0 amide bonds. The average Bonchev–Trinajstić information content (AvgIpc) is 2.45. The van der Waals surface area contributed by atoms with Gasteiger partial charge in [-0.2, -0.15) is 0 Å². The first kappa shape index (κ1) is 15.5. The van der Waals surface area contributed by atoms with Crippen LogP contribution in [-0.2, 0) is 11.2 Å². The third kappa shape index (κ3) is 4.30. The average molecular weight is 300 g/mol. The Kier molecular flexibility index (Phi) is 6.01. The van der Waals surface area contributed by atoms with Crippen molar-refractivity contribution in [3.8, 4) is 0 Å². The SMILES string of the molecule is CCCc1nc(Cl)cc(N2CCC(OCCO)CC2)n1. The van der Waals surface area contributed by atoms with Crippen molar-refractivity contribution in [3.05, 3.63) is 17.0 Å². The second kappa shape index (κ2) is 7.76. The Hall–Kier alpha value is -0.910. The zero-order valence-corrected chi connectivity index (χ0v) is 12.6. The molecule has 0 atom stereocenters. The molecule has 1 aromatic heterocycles. The number of piperidine rings is 1. The molecule has 1 aliphatic rings. The van der Waals surface area contributed by atoms with Gasteiger partial charge in [0.25, 0.3) is 0 Å². The van der Waals surface area contributed by atoms with Gasteiger partial charge < -0.3 is 14.7 Å². The molecular formula is C14H22ClN3O2. The first-order chi connectivity index (χ1) is 9.72. The van der Waals surface area contributed by atoms with Crippen molar-refractivity contribution in [2.45, 2.75) is 38.7 Å². The van der Waals surface area contributed by atoms with Crippen LogP contribution in [0, 0.1) is 0 Å². The van der Waals surface area contributed by atoms with Crippen molar-refractivity contribution in [2.75, 3.05) is 31.2 Å². The minimum absolute atomic E-state index is 0.0854. The summed E-state index contributed by atoms with van der Waals surface area (Å²) >= 11 is 6.07. The molecule has 1 saturated heterocycles. The number of anilines is 1. The summed E-state index contributed by atoms with van der Waals surface area (Å²) in [5.74, 6) is 1.72. The maximum absolute atomic E-state index is 8.77. The van der Waals surface area contributed by atoms with Crippen LogP contribution < -0.4 is 4.90 Å². The zero-order valence-electron chi connectivity index (χ0n) is 11.9. The van der Waals surface area contributed by atoms with Gasteiger partial charge in [0, 0.05) is 25.6 Å². The normalized spacial score (nSPS) is 16.6. The van der Waals surface area contributed by atoms with Gasteiger partial charge in [0.1, 0.15) is 16.8 Å². The minimum atomic E-state index is 0.0854. The summed E-state index contributed by atoms with van der Waals surface area (Å²) in [6.07, 6.45) is 4.00. The molecule has 1 aromatic rings. The lowest BCUT2D eigenvalue weighted by Crippen LogP contribution is -2.38. The van der Waals surface area contributed by atoms with E-state index >= 15 is 0 Å². The summed E-state index contributed by atoms with van der Waals surface area (Å²) in [5, 5.41) is 9.28. The largest absolute Gasteiger partial charge is 0.394 e. The molecule has 0 saturated carbocycles. The molecule has 0 spiro atoms. The van der Waals surface area contributed by atoms with Crippen molar-refractivity contribution in [1.29, 1.82) is 0 Å². The molecule has 6 heteroatoms. The number of aryl methyl sites for hydroxylation is 1. The Bertz CT molecular complexity index is 423. The summed E-state index contributed by atoms with van der Waals surface area (Å²) in [4.78, 5) is 11.1. The van der Waals surface area contributed by atoms with Crippen molar-refractivity contribution in [3.63, 3.8) is 0 Å². The van der Waals surface area contributed by atoms with E-state index in [1.54, 1.807) is 0 Å². The van der Waals surface area contributed by atoms with Crippen molar-refractivity contribution < 1.29 is 9.84 Å². The van der Waals surface area contributed by atoms with Gasteiger partial charge in [0.2, 0.25) is 0 Å². The van der Waals surface area contributed by atoms with E-state index in [9.17, 15) is 0 Å². The van der Waals surface area contributed by atoms with Gasteiger partial charge in [-0.25, -0.2) is 9.97 Å². The number of aliphatic hydroxyl groups excluding tert-OH is 1. The van der Waals surface area contributed by atoms with Crippen LogP contribution in [0.1, 0.15) is 32.0 Å². The van der Waals surface area contributed by atoms with Crippen molar-refractivity contribution in [1.82, 2.24) is 9.97 Å². The van der Waals surface area contributed by atoms with Crippen LogP contribution in [0.4, 0.5) is 5.82 Å². The number of nitrogens with zero attached hydrogens (tertiary/aromatic N) is 3. The highest BCUT2D eigenvalue weighted by atomic mass is 35.5. The lowest BCUT2D eigenvalue weighted by Gasteiger charge is -2.32. The van der Waals surface area contributed by atoms with Crippen LogP contribution in [-0.4, -0.2) is 47.5 Å². The first-order valence-corrected chi connectivity index (χ1v) is 7.61. The van der Waals surface area contributed by atoms with Crippen LogP contribution in [0.25, 0.3) is 0 Å². The Morgan fingerprint density at radius 1 is 1.40 bits per heavy atom. The fourth-order valence-corrected chi connectivity index (χ4v) is 2.62. The van der Waals surface area contributed by atoms with E-state index in [0.717, 1.165) is 50.4 Å². The predicted octanol–water partition coefficient (Wildman–Crippen LogP) is 2.06.